The van der Waals surface area contributed by atoms with Crippen LogP contribution in [0, 0.1) is 0 Å². The van der Waals surface area contributed by atoms with Gasteiger partial charge in [-0.2, -0.15) is 0 Å². The second-order valence-corrected chi connectivity index (χ2v) is 9.46. The fraction of sp³-hybridized carbons (Fsp3) is 0.0370. The summed E-state index contributed by atoms with van der Waals surface area (Å²) in [6.45, 7) is 0. The first-order valence-corrected chi connectivity index (χ1v) is 12.3. The van der Waals surface area contributed by atoms with Crippen LogP contribution in [0.25, 0.3) is 0 Å². The van der Waals surface area contributed by atoms with E-state index >= 15 is 0 Å². The monoisotopic (exact) mass is 516 g/mol. The molecule has 0 saturated heterocycles. The molecule has 0 fully saturated rings. The Balaban J connectivity index is 1.57. The second kappa shape index (κ2) is 10.2. The number of nitrogens with zero attached hydrogens (tertiary/aromatic N) is 1. The molecule has 5 rings (SSSR count). The number of nitrogens with one attached hydrogen (secondary N) is 3. The fourth-order valence-electron chi connectivity index (χ4n) is 3.91. The first-order chi connectivity index (χ1) is 17.5. The maximum atomic E-state index is 12.9. The van der Waals surface area contributed by atoms with Gasteiger partial charge in [0.2, 0.25) is 11.4 Å². The van der Waals surface area contributed by atoms with E-state index in [1.165, 1.54) is 10.7 Å². The average molecular weight is 517 g/mol. The van der Waals surface area contributed by atoms with E-state index in [4.69, 9.17) is 11.6 Å². The Kier molecular flexibility index (Phi) is 6.71. The molecule has 0 aliphatic heterocycles. The van der Waals surface area contributed by atoms with E-state index < -0.39 is 11.6 Å². The number of H-pyrrole nitrogens is 2. The van der Waals surface area contributed by atoms with E-state index in [0.29, 0.717) is 9.92 Å². The quantitative estimate of drug-likeness (QED) is 0.220. The fourth-order valence-corrected chi connectivity index (χ4v) is 5.02. The molecule has 9 heteroatoms. The zero-order valence-corrected chi connectivity index (χ0v) is 20.4. The Bertz CT molecular complexity index is 1610. The minimum absolute atomic E-state index is 0.159. The largest absolute Gasteiger partial charge is 0.493 e. The predicted octanol–water partition coefficient (Wildman–Crippen LogP) is 5.76. The minimum atomic E-state index is -0.517. The number of hydrogen-bond acceptors (Lipinski definition) is 5. The highest BCUT2D eigenvalue weighted by atomic mass is 35.5. The van der Waals surface area contributed by atoms with Crippen molar-refractivity contribution in [2.75, 3.05) is 5.32 Å². The molecule has 0 saturated carbocycles. The first kappa shape index (κ1) is 23.6. The van der Waals surface area contributed by atoms with Crippen molar-refractivity contribution in [1.82, 2.24) is 14.8 Å². The molecular formula is C27H21ClN4O3S. The molecule has 3 aromatic carbocycles. The number of aromatic amines is 2. The molecular weight excluding hydrogens is 496 g/mol. The lowest BCUT2D eigenvalue weighted by Gasteiger charge is -2.21. The summed E-state index contributed by atoms with van der Waals surface area (Å²) in [5, 5.41) is 17.8. The number of rotatable bonds is 7. The number of anilines is 2. The van der Waals surface area contributed by atoms with Crippen molar-refractivity contribution in [3.05, 3.63) is 134 Å². The molecule has 1 atom stereocenters. The maximum absolute atomic E-state index is 12.9. The summed E-state index contributed by atoms with van der Waals surface area (Å²) in [4.78, 5) is 27.8. The van der Waals surface area contributed by atoms with Crippen LogP contribution in [0.1, 0.15) is 17.2 Å². The van der Waals surface area contributed by atoms with Crippen molar-refractivity contribution in [2.45, 2.75) is 15.8 Å². The molecule has 36 heavy (non-hydrogen) atoms. The van der Waals surface area contributed by atoms with Crippen molar-refractivity contribution in [1.29, 1.82) is 0 Å². The van der Waals surface area contributed by atoms with Gasteiger partial charge in [0.15, 0.2) is 0 Å². The lowest BCUT2D eigenvalue weighted by atomic mass is 9.98. The molecule has 180 valence electrons. The summed E-state index contributed by atoms with van der Waals surface area (Å²) in [6, 6.07) is 27.0. The van der Waals surface area contributed by atoms with Gasteiger partial charge < -0.3 is 15.4 Å². The smallest absolute Gasteiger partial charge is 0.282 e. The Morgan fingerprint density at radius 1 is 0.861 bits per heavy atom. The van der Waals surface area contributed by atoms with Gasteiger partial charge in [-0.15, -0.1) is 0 Å². The Labute approximate surface area is 215 Å². The van der Waals surface area contributed by atoms with Crippen LogP contribution >= 0.6 is 23.4 Å². The molecule has 5 aromatic rings. The third kappa shape index (κ3) is 4.95. The summed E-state index contributed by atoms with van der Waals surface area (Å²) in [7, 11) is 0. The molecule has 2 heterocycles. The van der Waals surface area contributed by atoms with Gasteiger partial charge in [0.05, 0.1) is 10.7 Å². The average Bonchev–Trinajstić information content (AvgIpc) is 3.16. The highest BCUT2D eigenvalue weighted by Gasteiger charge is 2.25. The first-order valence-electron chi connectivity index (χ1n) is 11.1. The highest BCUT2D eigenvalue weighted by Crippen LogP contribution is 2.39. The van der Waals surface area contributed by atoms with Crippen LogP contribution in [0.3, 0.4) is 0 Å². The molecule has 0 radical (unpaired) electrons. The van der Waals surface area contributed by atoms with Crippen LogP contribution in [0.5, 0.6) is 5.88 Å². The van der Waals surface area contributed by atoms with Crippen molar-refractivity contribution in [2.24, 2.45) is 0 Å². The Morgan fingerprint density at radius 3 is 2.36 bits per heavy atom. The van der Waals surface area contributed by atoms with E-state index in [0.717, 1.165) is 34.3 Å². The third-order valence-corrected chi connectivity index (χ3v) is 7.15. The molecule has 0 spiro atoms. The van der Waals surface area contributed by atoms with Crippen LogP contribution in [-0.2, 0) is 0 Å². The molecule has 0 amide bonds. The number of halogens is 1. The molecule has 2 aromatic heterocycles. The van der Waals surface area contributed by atoms with E-state index in [1.54, 1.807) is 30.5 Å². The van der Waals surface area contributed by atoms with E-state index in [1.807, 2.05) is 60.7 Å². The molecule has 0 bridgehead atoms. The molecule has 0 aliphatic rings. The number of pyridine rings is 1. The highest BCUT2D eigenvalue weighted by molar-refractivity contribution is 7.99. The number of hydrogen-bond donors (Lipinski definition) is 4. The van der Waals surface area contributed by atoms with Crippen molar-refractivity contribution >= 4 is 34.7 Å². The van der Waals surface area contributed by atoms with Gasteiger partial charge in [0.25, 0.3) is 5.56 Å². The summed E-state index contributed by atoms with van der Waals surface area (Å²) < 4.78 is 1.47. The van der Waals surface area contributed by atoms with Crippen molar-refractivity contribution < 1.29 is 5.11 Å². The molecule has 7 nitrogen and oxygen atoms in total. The van der Waals surface area contributed by atoms with E-state index in [9.17, 15) is 14.7 Å². The third-order valence-electron chi connectivity index (χ3n) is 5.56. The van der Waals surface area contributed by atoms with Gasteiger partial charge in [-0.05, 0) is 41.5 Å². The van der Waals surface area contributed by atoms with Crippen LogP contribution in [0.15, 0.2) is 117 Å². The summed E-state index contributed by atoms with van der Waals surface area (Å²) in [5.74, 6) is -0.183. The maximum Gasteiger partial charge on any atom is 0.282 e. The summed E-state index contributed by atoms with van der Waals surface area (Å²) >= 11 is 7.40. The number of aromatic hydroxyl groups is 1. The zero-order valence-electron chi connectivity index (χ0n) is 18.8. The lowest BCUT2D eigenvalue weighted by molar-refractivity contribution is 0.384. The number of benzene rings is 3. The number of aromatic nitrogens is 3. The van der Waals surface area contributed by atoms with E-state index in [-0.39, 0.29) is 16.3 Å². The van der Waals surface area contributed by atoms with Gasteiger partial charge in [-0.1, -0.05) is 78.0 Å². The predicted molar refractivity (Wildman–Crippen MR) is 143 cm³/mol. The zero-order chi connectivity index (χ0) is 25.1. The van der Waals surface area contributed by atoms with Gasteiger partial charge in [-0.25, -0.2) is 4.68 Å². The summed E-state index contributed by atoms with van der Waals surface area (Å²) in [6.07, 6.45) is 1.59. The van der Waals surface area contributed by atoms with Crippen LogP contribution < -0.4 is 16.4 Å². The molecule has 0 aliphatic carbocycles. The normalized spacial score (nSPS) is 11.8. The van der Waals surface area contributed by atoms with Crippen molar-refractivity contribution in [3.63, 3.8) is 0 Å². The van der Waals surface area contributed by atoms with Gasteiger partial charge in [0.1, 0.15) is 10.9 Å². The van der Waals surface area contributed by atoms with Gasteiger partial charge in [-0.3, -0.25) is 14.7 Å². The Hall–Kier alpha value is -4.14. The summed E-state index contributed by atoms with van der Waals surface area (Å²) in [5.41, 5.74) is 2.59. The molecule has 1 unspecified atom stereocenters. The Morgan fingerprint density at radius 2 is 1.61 bits per heavy atom. The minimum Gasteiger partial charge on any atom is -0.493 e. The molecule has 4 N–H and O–H groups in total. The topological polar surface area (TPSA) is 103 Å². The SMILES string of the molecule is O=c1ccc(Nc2cccc(C(c3ccccc3)n3[nH]c(=O)c(Sc4ccccc4Cl)c3O)c2)c[nH]1. The van der Waals surface area contributed by atoms with Crippen LogP contribution in [0.2, 0.25) is 5.02 Å². The second-order valence-electron chi connectivity index (χ2n) is 8.00. The van der Waals surface area contributed by atoms with Crippen LogP contribution in [0.4, 0.5) is 11.4 Å². The standard InChI is InChI=1S/C27H21ClN4O3S/c28-21-11-4-5-12-22(21)36-25-26(34)31-32(27(25)35)24(17-7-2-1-3-8-17)18-9-6-10-19(15-18)30-20-13-14-23(33)29-16-20/h1-16,24,30,35H,(H,29,33)(H,31,34). The van der Waals surface area contributed by atoms with Crippen molar-refractivity contribution in [3.8, 4) is 5.88 Å². The van der Waals surface area contributed by atoms with Gasteiger partial charge in [0, 0.05) is 22.8 Å². The van der Waals surface area contributed by atoms with E-state index in [2.05, 4.69) is 15.4 Å². The lowest BCUT2D eigenvalue weighted by Crippen LogP contribution is -2.16. The van der Waals surface area contributed by atoms with Crippen LogP contribution in [-0.4, -0.2) is 19.9 Å². The van der Waals surface area contributed by atoms with Gasteiger partial charge >= 0.3 is 0 Å².